The van der Waals surface area contributed by atoms with E-state index >= 15 is 0 Å². The number of nitrogens with one attached hydrogen (secondary N) is 1. The molecule has 0 aliphatic carbocycles. The lowest BCUT2D eigenvalue weighted by Gasteiger charge is -1.90. The van der Waals surface area contributed by atoms with Crippen LogP contribution in [0.15, 0.2) is 18.9 Å². The summed E-state index contributed by atoms with van der Waals surface area (Å²) in [7, 11) is 0. The third-order valence-corrected chi connectivity index (χ3v) is 1.25. The number of rotatable bonds is 1. The molecule has 2 rings (SSSR count). The van der Waals surface area contributed by atoms with Crippen molar-refractivity contribution in [1.82, 2.24) is 24.7 Å². The van der Waals surface area contributed by atoms with E-state index in [1.54, 1.807) is 4.57 Å². The number of nitrogen functional groups attached to an aromatic ring is 1. The number of nitrogens with two attached hydrogens (primary N) is 1. The van der Waals surface area contributed by atoms with E-state index in [0.717, 1.165) is 0 Å². The Labute approximate surface area is 62.1 Å². The SMILES string of the molecule is Nc1cnc(-n2cnnc2)[nH]1. The molecule has 0 aliphatic rings. The van der Waals surface area contributed by atoms with E-state index in [1.165, 1.54) is 18.9 Å². The summed E-state index contributed by atoms with van der Waals surface area (Å²) in [4.78, 5) is 6.79. The third-order valence-electron chi connectivity index (χ3n) is 1.25. The number of imidazole rings is 1. The summed E-state index contributed by atoms with van der Waals surface area (Å²) < 4.78 is 1.64. The van der Waals surface area contributed by atoms with E-state index in [2.05, 4.69) is 20.2 Å². The molecule has 0 amide bonds. The lowest BCUT2D eigenvalue weighted by atomic mass is 10.8. The molecule has 2 aromatic heterocycles. The molecule has 3 N–H and O–H groups in total. The number of aromatic amines is 1. The van der Waals surface area contributed by atoms with Crippen LogP contribution in [0.5, 0.6) is 0 Å². The van der Waals surface area contributed by atoms with Crippen molar-refractivity contribution in [2.75, 3.05) is 5.73 Å². The van der Waals surface area contributed by atoms with Gasteiger partial charge in [-0.1, -0.05) is 0 Å². The van der Waals surface area contributed by atoms with Gasteiger partial charge in [0.1, 0.15) is 18.5 Å². The highest BCUT2D eigenvalue weighted by Crippen LogP contribution is 2.01. The summed E-state index contributed by atoms with van der Waals surface area (Å²) in [6.45, 7) is 0. The number of aromatic nitrogens is 5. The molecular formula is C5H6N6. The predicted octanol–water partition coefficient (Wildman–Crippen LogP) is -0.427. The van der Waals surface area contributed by atoms with Gasteiger partial charge in [0.25, 0.3) is 0 Å². The molecule has 6 heteroatoms. The monoisotopic (exact) mass is 150 g/mol. The summed E-state index contributed by atoms with van der Waals surface area (Å²) in [5.74, 6) is 1.14. The quantitative estimate of drug-likeness (QED) is 0.577. The van der Waals surface area contributed by atoms with Crippen LogP contribution in [0.3, 0.4) is 0 Å². The lowest BCUT2D eigenvalue weighted by Crippen LogP contribution is -1.92. The van der Waals surface area contributed by atoms with Crippen molar-refractivity contribution in [3.05, 3.63) is 18.9 Å². The molecule has 0 aromatic carbocycles. The number of H-pyrrole nitrogens is 1. The second kappa shape index (κ2) is 2.08. The van der Waals surface area contributed by atoms with Crippen molar-refractivity contribution in [3.63, 3.8) is 0 Å². The Morgan fingerprint density at radius 3 is 2.64 bits per heavy atom. The topological polar surface area (TPSA) is 85.4 Å². The zero-order chi connectivity index (χ0) is 7.68. The normalized spacial score (nSPS) is 10.2. The van der Waals surface area contributed by atoms with E-state index in [4.69, 9.17) is 5.73 Å². The van der Waals surface area contributed by atoms with Crippen molar-refractivity contribution >= 4 is 5.82 Å². The fourth-order valence-electron chi connectivity index (χ4n) is 0.766. The average molecular weight is 150 g/mol. The average Bonchev–Trinajstić information content (AvgIpc) is 2.55. The van der Waals surface area contributed by atoms with E-state index in [-0.39, 0.29) is 0 Å². The molecule has 0 atom stereocenters. The van der Waals surface area contributed by atoms with Gasteiger partial charge in [0.05, 0.1) is 6.20 Å². The molecule has 2 heterocycles. The Balaban J connectivity index is 2.45. The number of nitrogens with zero attached hydrogens (tertiary/aromatic N) is 4. The second-order valence-electron chi connectivity index (χ2n) is 2.03. The zero-order valence-corrected chi connectivity index (χ0v) is 5.60. The first-order valence-corrected chi connectivity index (χ1v) is 3.02. The summed E-state index contributed by atoms with van der Waals surface area (Å²) in [5.41, 5.74) is 5.41. The van der Waals surface area contributed by atoms with Gasteiger partial charge in [0.15, 0.2) is 0 Å². The van der Waals surface area contributed by atoms with Gasteiger partial charge in [0, 0.05) is 0 Å². The van der Waals surface area contributed by atoms with Crippen molar-refractivity contribution in [3.8, 4) is 5.95 Å². The molecule has 0 bridgehead atoms. The number of hydrogen-bond acceptors (Lipinski definition) is 4. The van der Waals surface area contributed by atoms with Crippen LogP contribution in [0.4, 0.5) is 5.82 Å². The van der Waals surface area contributed by atoms with Crippen LogP contribution in [0, 0.1) is 0 Å². The van der Waals surface area contributed by atoms with Crippen LogP contribution in [-0.4, -0.2) is 24.7 Å². The summed E-state index contributed by atoms with van der Waals surface area (Å²) in [6.07, 6.45) is 4.62. The molecule has 0 spiro atoms. The molecular weight excluding hydrogens is 144 g/mol. The van der Waals surface area contributed by atoms with Gasteiger partial charge in [-0.05, 0) is 0 Å². The largest absolute Gasteiger partial charge is 0.384 e. The predicted molar refractivity (Wildman–Crippen MR) is 37.9 cm³/mol. The molecule has 0 saturated carbocycles. The third kappa shape index (κ3) is 0.936. The number of hydrogen-bond donors (Lipinski definition) is 2. The van der Waals surface area contributed by atoms with Crippen LogP contribution in [0.25, 0.3) is 5.95 Å². The van der Waals surface area contributed by atoms with Crippen LogP contribution in [0.2, 0.25) is 0 Å². The highest BCUT2D eigenvalue weighted by Gasteiger charge is 1.98. The molecule has 2 aromatic rings. The lowest BCUT2D eigenvalue weighted by molar-refractivity contribution is 0.959. The standard InChI is InChI=1S/C5H6N6/c6-4-1-7-5(10-4)11-2-8-9-3-11/h1-3H,6H2,(H,7,10). The first kappa shape index (κ1) is 5.90. The smallest absolute Gasteiger partial charge is 0.215 e. The zero-order valence-electron chi connectivity index (χ0n) is 5.60. The number of anilines is 1. The second-order valence-corrected chi connectivity index (χ2v) is 2.03. The molecule has 0 unspecified atom stereocenters. The maximum absolute atomic E-state index is 5.41. The molecule has 0 aliphatic heterocycles. The fourth-order valence-corrected chi connectivity index (χ4v) is 0.766. The summed E-state index contributed by atoms with van der Waals surface area (Å²) in [6, 6.07) is 0. The van der Waals surface area contributed by atoms with Crippen molar-refractivity contribution in [2.24, 2.45) is 0 Å². The first-order chi connectivity index (χ1) is 5.36. The fraction of sp³-hybridized carbons (Fsp3) is 0. The van der Waals surface area contributed by atoms with Gasteiger partial charge < -0.3 is 10.7 Å². The van der Waals surface area contributed by atoms with Crippen LogP contribution in [0.1, 0.15) is 0 Å². The molecule has 0 fully saturated rings. The van der Waals surface area contributed by atoms with E-state index in [0.29, 0.717) is 11.8 Å². The highest BCUT2D eigenvalue weighted by molar-refractivity contribution is 5.29. The van der Waals surface area contributed by atoms with E-state index in [9.17, 15) is 0 Å². The maximum atomic E-state index is 5.41. The Bertz CT molecular complexity index is 333. The molecule has 11 heavy (non-hydrogen) atoms. The van der Waals surface area contributed by atoms with Gasteiger partial charge in [-0.25, -0.2) is 4.98 Å². The van der Waals surface area contributed by atoms with Gasteiger partial charge in [0.2, 0.25) is 5.95 Å². The Hall–Kier alpha value is -1.85. The first-order valence-electron chi connectivity index (χ1n) is 3.02. The van der Waals surface area contributed by atoms with Crippen LogP contribution < -0.4 is 5.73 Å². The molecule has 0 radical (unpaired) electrons. The van der Waals surface area contributed by atoms with E-state index in [1.807, 2.05) is 0 Å². The van der Waals surface area contributed by atoms with E-state index < -0.39 is 0 Å². The van der Waals surface area contributed by atoms with Crippen molar-refractivity contribution in [1.29, 1.82) is 0 Å². The summed E-state index contributed by atoms with van der Waals surface area (Å²) >= 11 is 0. The Morgan fingerprint density at radius 2 is 2.09 bits per heavy atom. The maximum Gasteiger partial charge on any atom is 0.215 e. The molecule has 6 nitrogen and oxygen atoms in total. The van der Waals surface area contributed by atoms with Gasteiger partial charge in [-0.2, -0.15) is 0 Å². The van der Waals surface area contributed by atoms with Crippen LogP contribution >= 0.6 is 0 Å². The van der Waals surface area contributed by atoms with Gasteiger partial charge in [-0.15, -0.1) is 10.2 Å². The molecule has 0 saturated heterocycles. The van der Waals surface area contributed by atoms with Crippen molar-refractivity contribution < 1.29 is 0 Å². The minimum absolute atomic E-state index is 0.522. The van der Waals surface area contributed by atoms with Crippen LogP contribution in [-0.2, 0) is 0 Å². The minimum Gasteiger partial charge on any atom is -0.384 e. The summed E-state index contributed by atoms with van der Waals surface area (Å²) in [5, 5.41) is 7.24. The van der Waals surface area contributed by atoms with Crippen molar-refractivity contribution in [2.45, 2.75) is 0 Å². The minimum atomic E-state index is 0.522. The molecule has 56 valence electrons. The Morgan fingerprint density at radius 1 is 1.36 bits per heavy atom. The van der Waals surface area contributed by atoms with Gasteiger partial charge in [-0.3, -0.25) is 4.57 Å². The Kier molecular flexibility index (Phi) is 1.12. The van der Waals surface area contributed by atoms with Gasteiger partial charge >= 0.3 is 0 Å². The highest BCUT2D eigenvalue weighted by atomic mass is 15.3.